The van der Waals surface area contributed by atoms with Crippen LogP contribution in [0.2, 0.25) is 0 Å². The highest BCUT2D eigenvalue weighted by atomic mass is 16.2. The van der Waals surface area contributed by atoms with Crippen LogP contribution in [0.1, 0.15) is 28.8 Å². The number of carbonyl (C=O) groups excluding carboxylic acids is 2. The Bertz CT molecular complexity index is 560. The topological polar surface area (TPSA) is 64.4 Å². The molecule has 2 amide bonds. The quantitative estimate of drug-likeness (QED) is 0.828. The molecule has 1 fully saturated rings. The van der Waals surface area contributed by atoms with Crippen molar-refractivity contribution >= 4 is 11.8 Å². The van der Waals surface area contributed by atoms with Crippen molar-refractivity contribution in [2.24, 2.45) is 0 Å². The molecule has 5 nitrogen and oxygen atoms in total. The normalized spacial score (nSPS) is 15.2. The van der Waals surface area contributed by atoms with Crippen molar-refractivity contribution in [1.82, 2.24) is 9.80 Å². The SMILES string of the molecule is Cc1ccc(C(=O)N2CCCN(C(=O)CC#N)CC2)cc1. The molecular formula is C16H19N3O2. The summed E-state index contributed by atoms with van der Waals surface area (Å²) >= 11 is 0. The molecule has 1 aliphatic heterocycles. The Morgan fingerprint density at radius 3 is 2.38 bits per heavy atom. The van der Waals surface area contributed by atoms with Gasteiger partial charge in [0.05, 0.1) is 6.07 Å². The maximum atomic E-state index is 12.4. The summed E-state index contributed by atoms with van der Waals surface area (Å²) in [7, 11) is 0. The number of aryl methyl sites for hydroxylation is 1. The third kappa shape index (κ3) is 3.82. The van der Waals surface area contributed by atoms with Crippen molar-refractivity contribution in [3.05, 3.63) is 35.4 Å². The lowest BCUT2D eigenvalue weighted by molar-refractivity contribution is -0.129. The fourth-order valence-corrected chi connectivity index (χ4v) is 2.43. The van der Waals surface area contributed by atoms with Crippen molar-refractivity contribution < 1.29 is 9.59 Å². The fraction of sp³-hybridized carbons (Fsp3) is 0.438. The number of hydrogen-bond acceptors (Lipinski definition) is 3. The summed E-state index contributed by atoms with van der Waals surface area (Å²) in [4.78, 5) is 27.6. The average molecular weight is 285 g/mol. The first kappa shape index (κ1) is 15.0. The van der Waals surface area contributed by atoms with E-state index in [1.807, 2.05) is 37.3 Å². The second-order valence-electron chi connectivity index (χ2n) is 5.23. The molecule has 0 N–H and O–H groups in total. The molecule has 110 valence electrons. The maximum Gasteiger partial charge on any atom is 0.253 e. The van der Waals surface area contributed by atoms with E-state index in [0.29, 0.717) is 31.7 Å². The lowest BCUT2D eigenvalue weighted by Crippen LogP contribution is -2.37. The lowest BCUT2D eigenvalue weighted by atomic mass is 10.1. The molecule has 5 heteroatoms. The van der Waals surface area contributed by atoms with Gasteiger partial charge in [-0.15, -0.1) is 0 Å². The Morgan fingerprint density at radius 2 is 1.71 bits per heavy atom. The second kappa shape index (κ2) is 6.89. The van der Waals surface area contributed by atoms with E-state index in [1.54, 1.807) is 9.80 Å². The summed E-state index contributed by atoms with van der Waals surface area (Å²) in [5.41, 5.74) is 1.80. The molecule has 0 unspecified atom stereocenters. The van der Waals surface area contributed by atoms with Gasteiger partial charge in [-0.25, -0.2) is 0 Å². The first-order chi connectivity index (χ1) is 10.1. The smallest absolute Gasteiger partial charge is 0.253 e. The van der Waals surface area contributed by atoms with Gasteiger partial charge in [0.15, 0.2) is 0 Å². The molecule has 0 radical (unpaired) electrons. The third-order valence-electron chi connectivity index (χ3n) is 3.66. The Balaban J connectivity index is 1.99. The number of amides is 2. The number of carbonyl (C=O) groups is 2. The van der Waals surface area contributed by atoms with Gasteiger partial charge in [0.1, 0.15) is 6.42 Å². The predicted octanol–water partition coefficient (Wildman–Crippen LogP) is 1.58. The van der Waals surface area contributed by atoms with Crippen LogP contribution >= 0.6 is 0 Å². The molecule has 0 bridgehead atoms. The Labute approximate surface area is 124 Å². The van der Waals surface area contributed by atoms with E-state index in [1.165, 1.54) is 0 Å². The third-order valence-corrected chi connectivity index (χ3v) is 3.66. The van der Waals surface area contributed by atoms with Crippen molar-refractivity contribution in [1.29, 1.82) is 5.26 Å². The van der Waals surface area contributed by atoms with Gasteiger partial charge in [-0.2, -0.15) is 5.26 Å². The molecule has 0 saturated carbocycles. The molecular weight excluding hydrogens is 266 g/mol. The van der Waals surface area contributed by atoms with Crippen LogP contribution in [0.4, 0.5) is 0 Å². The Morgan fingerprint density at radius 1 is 1.10 bits per heavy atom. The second-order valence-corrected chi connectivity index (χ2v) is 5.23. The number of nitriles is 1. The first-order valence-corrected chi connectivity index (χ1v) is 7.12. The monoisotopic (exact) mass is 285 g/mol. The van der Waals surface area contributed by atoms with Crippen molar-refractivity contribution in [2.45, 2.75) is 19.8 Å². The highest BCUT2D eigenvalue weighted by Crippen LogP contribution is 2.11. The van der Waals surface area contributed by atoms with Gasteiger partial charge >= 0.3 is 0 Å². The number of hydrogen-bond donors (Lipinski definition) is 0. The summed E-state index contributed by atoms with van der Waals surface area (Å²) in [5, 5.41) is 8.59. The Kier molecular flexibility index (Phi) is 4.94. The van der Waals surface area contributed by atoms with Gasteiger partial charge < -0.3 is 9.80 Å². The number of nitrogens with zero attached hydrogens (tertiary/aromatic N) is 3. The summed E-state index contributed by atoms with van der Waals surface area (Å²) in [6, 6.07) is 9.40. The average Bonchev–Trinajstić information content (AvgIpc) is 2.73. The van der Waals surface area contributed by atoms with Crippen LogP contribution in [-0.4, -0.2) is 47.8 Å². The summed E-state index contributed by atoms with van der Waals surface area (Å²) in [6.45, 7) is 4.25. The van der Waals surface area contributed by atoms with Crippen LogP contribution in [0.3, 0.4) is 0 Å². The lowest BCUT2D eigenvalue weighted by Gasteiger charge is -2.21. The molecule has 0 aromatic heterocycles. The Hall–Kier alpha value is -2.35. The minimum Gasteiger partial charge on any atom is -0.340 e. The zero-order valence-electron chi connectivity index (χ0n) is 12.2. The predicted molar refractivity (Wildman–Crippen MR) is 78.5 cm³/mol. The van der Waals surface area contributed by atoms with E-state index in [0.717, 1.165) is 12.0 Å². The number of rotatable bonds is 2. The minimum absolute atomic E-state index is 0.00424. The summed E-state index contributed by atoms with van der Waals surface area (Å²) < 4.78 is 0. The van der Waals surface area contributed by atoms with Crippen LogP contribution in [-0.2, 0) is 4.79 Å². The van der Waals surface area contributed by atoms with Crippen LogP contribution in [0.15, 0.2) is 24.3 Å². The standard InChI is InChI=1S/C16H19N3O2/c1-13-3-5-14(6-4-13)16(21)19-10-2-9-18(11-12-19)15(20)7-8-17/h3-6H,2,7,9-12H2,1H3. The molecule has 21 heavy (non-hydrogen) atoms. The van der Waals surface area contributed by atoms with Crippen LogP contribution in [0.5, 0.6) is 0 Å². The van der Waals surface area contributed by atoms with Gasteiger partial charge in [-0.05, 0) is 25.5 Å². The maximum absolute atomic E-state index is 12.4. The molecule has 1 aliphatic rings. The first-order valence-electron chi connectivity index (χ1n) is 7.12. The van der Waals surface area contributed by atoms with Gasteiger partial charge in [0, 0.05) is 31.7 Å². The van der Waals surface area contributed by atoms with Gasteiger partial charge in [-0.3, -0.25) is 9.59 Å². The molecule has 1 aromatic carbocycles. The zero-order chi connectivity index (χ0) is 15.2. The van der Waals surface area contributed by atoms with E-state index >= 15 is 0 Å². The summed E-state index contributed by atoms with van der Waals surface area (Å²) in [5.74, 6) is -0.147. The van der Waals surface area contributed by atoms with Gasteiger partial charge in [0.25, 0.3) is 5.91 Å². The molecule has 2 rings (SSSR count). The molecule has 1 heterocycles. The van der Waals surface area contributed by atoms with Crippen LogP contribution in [0.25, 0.3) is 0 Å². The molecule has 0 aliphatic carbocycles. The number of benzene rings is 1. The van der Waals surface area contributed by atoms with E-state index < -0.39 is 0 Å². The van der Waals surface area contributed by atoms with E-state index in [2.05, 4.69) is 0 Å². The van der Waals surface area contributed by atoms with E-state index in [9.17, 15) is 9.59 Å². The largest absolute Gasteiger partial charge is 0.340 e. The molecule has 1 aromatic rings. The van der Waals surface area contributed by atoms with Crippen molar-refractivity contribution in [3.8, 4) is 6.07 Å². The summed E-state index contributed by atoms with van der Waals surface area (Å²) in [6.07, 6.45) is 0.653. The van der Waals surface area contributed by atoms with E-state index in [4.69, 9.17) is 5.26 Å². The van der Waals surface area contributed by atoms with Gasteiger partial charge in [-0.1, -0.05) is 17.7 Å². The van der Waals surface area contributed by atoms with Crippen LogP contribution < -0.4 is 0 Å². The molecule has 1 saturated heterocycles. The van der Waals surface area contributed by atoms with Gasteiger partial charge in [0.2, 0.25) is 5.91 Å². The fourth-order valence-electron chi connectivity index (χ4n) is 2.43. The minimum atomic E-state index is -0.151. The highest BCUT2D eigenvalue weighted by molar-refractivity contribution is 5.94. The van der Waals surface area contributed by atoms with Crippen molar-refractivity contribution in [3.63, 3.8) is 0 Å². The van der Waals surface area contributed by atoms with Crippen LogP contribution in [0, 0.1) is 18.3 Å². The molecule has 0 spiro atoms. The molecule has 0 atom stereocenters. The zero-order valence-corrected chi connectivity index (χ0v) is 12.2. The van der Waals surface area contributed by atoms with Crippen molar-refractivity contribution in [2.75, 3.05) is 26.2 Å². The van der Waals surface area contributed by atoms with E-state index in [-0.39, 0.29) is 18.2 Å². The highest BCUT2D eigenvalue weighted by Gasteiger charge is 2.22.